The first-order valence-corrected chi connectivity index (χ1v) is 8.43. The lowest BCUT2D eigenvalue weighted by atomic mass is 10.1. The van der Waals surface area contributed by atoms with E-state index in [9.17, 15) is 12.8 Å². The Hall–Kier alpha value is -0.210. The van der Waals surface area contributed by atoms with Gasteiger partial charge in [0.05, 0.1) is 5.02 Å². The molecule has 1 aromatic rings. The molecule has 1 aliphatic heterocycles. The van der Waals surface area contributed by atoms with Crippen LogP contribution in [0.2, 0.25) is 5.02 Å². The van der Waals surface area contributed by atoms with Gasteiger partial charge in [0.1, 0.15) is 10.7 Å². The number of halogens is 3. The first kappa shape index (κ1) is 15.2. The van der Waals surface area contributed by atoms with Crippen molar-refractivity contribution in [1.82, 2.24) is 10.0 Å². The fourth-order valence-electron chi connectivity index (χ4n) is 1.93. The van der Waals surface area contributed by atoms with Crippen LogP contribution in [0.1, 0.15) is 12.8 Å². The minimum Gasteiger partial charge on any atom is -0.317 e. The second kappa shape index (κ2) is 6.05. The maximum atomic E-state index is 13.8. The van der Waals surface area contributed by atoms with E-state index in [0.717, 1.165) is 25.2 Å². The first-order chi connectivity index (χ1) is 8.90. The molecule has 0 radical (unpaired) electrons. The quantitative estimate of drug-likeness (QED) is 0.802. The van der Waals surface area contributed by atoms with Crippen molar-refractivity contribution in [2.45, 2.75) is 23.8 Å². The molecule has 106 valence electrons. The van der Waals surface area contributed by atoms with Crippen molar-refractivity contribution in [2.24, 2.45) is 0 Å². The molecule has 8 heteroatoms. The van der Waals surface area contributed by atoms with E-state index in [-0.39, 0.29) is 11.1 Å². The molecule has 2 rings (SSSR count). The van der Waals surface area contributed by atoms with Crippen LogP contribution in [0.4, 0.5) is 4.39 Å². The third-order valence-corrected chi connectivity index (χ3v) is 5.66. The number of nitrogens with one attached hydrogen (secondary N) is 2. The molecule has 19 heavy (non-hydrogen) atoms. The number of rotatable bonds is 3. The fourth-order valence-corrected chi connectivity index (χ4v) is 3.87. The summed E-state index contributed by atoms with van der Waals surface area (Å²) in [5.41, 5.74) is 0. The van der Waals surface area contributed by atoms with Crippen molar-refractivity contribution in [3.05, 3.63) is 27.4 Å². The lowest BCUT2D eigenvalue weighted by Crippen LogP contribution is -2.42. The molecule has 0 bridgehead atoms. The third-order valence-electron chi connectivity index (χ3n) is 2.93. The van der Waals surface area contributed by atoms with Gasteiger partial charge in [-0.25, -0.2) is 17.5 Å². The van der Waals surface area contributed by atoms with Crippen molar-refractivity contribution in [3.63, 3.8) is 0 Å². The van der Waals surface area contributed by atoms with Gasteiger partial charge in [-0.1, -0.05) is 11.6 Å². The summed E-state index contributed by atoms with van der Waals surface area (Å²) in [7, 11) is -3.89. The SMILES string of the molecule is O=S(=O)(NC1CCNCC1)c1cc(Cl)c(Br)cc1F. The third kappa shape index (κ3) is 3.66. The zero-order valence-electron chi connectivity index (χ0n) is 9.92. The molecular formula is C11H13BrClFN2O2S. The Kier molecular flexibility index (Phi) is 4.84. The van der Waals surface area contributed by atoms with E-state index >= 15 is 0 Å². The van der Waals surface area contributed by atoms with E-state index in [2.05, 4.69) is 26.0 Å². The molecule has 2 N–H and O–H groups in total. The maximum Gasteiger partial charge on any atom is 0.243 e. The van der Waals surface area contributed by atoms with Gasteiger partial charge in [-0.3, -0.25) is 0 Å². The van der Waals surface area contributed by atoms with Crippen molar-refractivity contribution in [1.29, 1.82) is 0 Å². The number of sulfonamides is 1. The lowest BCUT2D eigenvalue weighted by molar-refractivity contribution is 0.426. The first-order valence-electron chi connectivity index (χ1n) is 5.78. The van der Waals surface area contributed by atoms with Crippen LogP contribution in [0.25, 0.3) is 0 Å². The van der Waals surface area contributed by atoms with Crippen LogP contribution in [-0.2, 0) is 10.0 Å². The van der Waals surface area contributed by atoms with Crippen LogP contribution in [0.5, 0.6) is 0 Å². The van der Waals surface area contributed by atoms with E-state index < -0.39 is 20.7 Å². The average Bonchev–Trinajstić information content (AvgIpc) is 2.34. The summed E-state index contributed by atoms with van der Waals surface area (Å²) in [6.07, 6.45) is 1.37. The van der Waals surface area contributed by atoms with E-state index in [1.165, 1.54) is 0 Å². The number of piperidine rings is 1. The molecule has 1 fully saturated rings. The predicted molar refractivity (Wildman–Crippen MR) is 75.3 cm³/mol. The van der Waals surface area contributed by atoms with Gasteiger partial charge in [0.2, 0.25) is 10.0 Å². The summed E-state index contributed by atoms with van der Waals surface area (Å²) in [6.45, 7) is 1.49. The van der Waals surface area contributed by atoms with Gasteiger partial charge in [-0.2, -0.15) is 0 Å². The van der Waals surface area contributed by atoms with Crippen molar-refractivity contribution >= 4 is 37.6 Å². The summed E-state index contributed by atoms with van der Waals surface area (Å²) >= 11 is 8.87. The zero-order chi connectivity index (χ0) is 14.0. The van der Waals surface area contributed by atoms with Crippen LogP contribution < -0.4 is 10.0 Å². The molecule has 1 saturated heterocycles. The molecule has 0 atom stereocenters. The summed E-state index contributed by atoms with van der Waals surface area (Å²) in [5, 5.41) is 3.29. The molecule has 0 amide bonds. The maximum absolute atomic E-state index is 13.8. The molecular weight excluding hydrogens is 359 g/mol. The fraction of sp³-hybridized carbons (Fsp3) is 0.455. The monoisotopic (exact) mass is 370 g/mol. The Morgan fingerprint density at radius 3 is 2.63 bits per heavy atom. The molecule has 0 spiro atoms. The molecule has 0 unspecified atom stereocenters. The number of benzene rings is 1. The van der Waals surface area contributed by atoms with Gasteiger partial charge in [-0.05, 0) is 54.0 Å². The topological polar surface area (TPSA) is 58.2 Å². The highest BCUT2D eigenvalue weighted by molar-refractivity contribution is 9.10. The molecule has 1 aliphatic rings. The summed E-state index contributed by atoms with van der Waals surface area (Å²) in [4.78, 5) is -0.417. The summed E-state index contributed by atoms with van der Waals surface area (Å²) in [5.74, 6) is -0.822. The van der Waals surface area contributed by atoms with E-state index in [1.54, 1.807) is 0 Å². The van der Waals surface area contributed by atoms with Gasteiger partial charge in [0.25, 0.3) is 0 Å². The van der Waals surface area contributed by atoms with Crippen LogP contribution >= 0.6 is 27.5 Å². The average molecular weight is 372 g/mol. The van der Waals surface area contributed by atoms with Gasteiger partial charge in [-0.15, -0.1) is 0 Å². The molecule has 0 saturated carbocycles. The summed E-state index contributed by atoms with van der Waals surface area (Å²) in [6, 6.07) is 2.00. The molecule has 1 heterocycles. The van der Waals surface area contributed by atoms with Crippen LogP contribution in [0.3, 0.4) is 0 Å². The van der Waals surface area contributed by atoms with E-state index in [4.69, 9.17) is 11.6 Å². The van der Waals surface area contributed by atoms with Crippen LogP contribution in [-0.4, -0.2) is 27.5 Å². The Bertz CT molecular complexity index is 576. The van der Waals surface area contributed by atoms with Gasteiger partial charge < -0.3 is 5.32 Å². The van der Waals surface area contributed by atoms with Crippen molar-refractivity contribution in [3.8, 4) is 0 Å². The highest BCUT2D eigenvalue weighted by Crippen LogP contribution is 2.28. The molecule has 0 aliphatic carbocycles. The molecule has 4 nitrogen and oxygen atoms in total. The number of hydrogen-bond acceptors (Lipinski definition) is 3. The molecule has 0 aromatic heterocycles. The second-order valence-corrected chi connectivity index (χ2v) is 7.29. The second-order valence-electron chi connectivity index (χ2n) is 4.34. The van der Waals surface area contributed by atoms with Crippen molar-refractivity contribution in [2.75, 3.05) is 13.1 Å². The number of hydrogen-bond donors (Lipinski definition) is 2. The summed E-state index contributed by atoms with van der Waals surface area (Å²) < 4.78 is 40.9. The minimum atomic E-state index is -3.89. The van der Waals surface area contributed by atoms with Gasteiger partial charge >= 0.3 is 0 Å². The largest absolute Gasteiger partial charge is 0.317 e. The van der Waals surface area contributed by atoms with E-state index in [0.29, 0.717) is 17.3 Å². The lowest BCUT2D eigenvalue weighted by Gasteiger charge is -2.23. The minimum absolute atomic E-state index is 0.159. The van der Waals surface area contributed by atoms with E-state index in [1.807, 2.05) is 0 Å². The van der Waals surface area contributed by atoms with Gasteiger partial charge in [0, 0.05) is 10.5 Å². The standard InChI is InChI=1S/C11H13BrClFN2O2S/c12-8-5-10(14)11(6-9(8)13)19(17,18)16-7-1-3-15-4-2-7/h5-7,15-16H,1-4H2. The molecule has 1 aromatic carbocycles. The Morgan fingerprint density at radius 1 is 1.37 bits per heavy atom. The highest BCUT2D eigenvalue weighted by Gasteiger charge is 2.25. The normalized spacial score (nSPS) is 17.6. The Morgan fingerprint density at radius 2 is 2.00 bits per heavy atom. The van der Waals surface area contributed by atoms with Crippen LogP contribution in [0.15, 0.2) is 21.5 Å². The van der Waals surface area contributed by atoms with Gasteiger partial charge in [0.15, 0.2) is 0 Å². The zero-order valence-corrected chi connectivity index (χ0v) is 13.1. The predicted octanol–water partition coefficient (Wildman–Crippen LogP) is 2.27. The van der Waals surface area contributed by atoms with Crippen molar-refractivity contribution < 1.29 is 12.8 Å². The smallest absolute Gasteiger partial charge is 0.243 e. The highest BCUT2D eigenvalue weighted by atomic mass is 79.9. The Balaban J connectivity index is 2.26. The Labute approximate surface area is 124 Å². The van der Waals surface area contributed by atoms with Crippen LogP contribution in [0, 0.1) is 5.82 Å².